The van der Waals surface area contributed by atoms with Crippen molar-refractivity contribution in [2.24, 2.45) is 0 Å². The summed E-state index contributed by atoms with van der Waals surface area (Å²) in [5.74, 6) is -1.13. The van der Waals surface area contributed by atoms with Gasteiger partial charge < -0.3 is 19.7 Å². The monoisotopic (exact) mass is 336 g/mol. The largest absolute Gasteiger partial charge is 0.383 e. The van der Waals surface area contributed by atoms with E-state index in [4.69, 9.17) is 9.47 Å². The molecule has 0 aliphatic carbocycles. The lowest BCUT2D eigenvalue weighted by Crippen LogP contribution is -2.39. The number of nitrogens with one attached hydrogen (secondary N) is 1. The average molecular weight is 336 g/mol. The zero-order valence-electron chi connectivity index (χ0n) is 13.8. The van der Waals surface area contributed by atoms with Crippen molar-refractivity contribution in [2.75, 3.05) is 32.7 Å². The SMILES string of the molecule is COC[C@@H]1C[C@H](OC)CN1C(=O)c1cc2c(cc1F)NC(=O)CC2. The molecule has 2 aliphatic rings. The van der Waals surface area contributed by atoms with Crippen LogP contribution in [0.3, 0.4) is 0 Å². The van der Waals surface area contributed by atoms with Crippen LogP contribution < -0.4 is 5.32 Å². The summed E-state index contributed by atoms with van der Waals surface area (Å²) in [6.07, 6.45) is 1.44. The maximum atomic E-state index is 14.4. The molecule has 1 aromatic carbocycles. The minimum atomic E-state index is -0.627. The second-order valence-electron chi connectivity index (χ2n) is 6.20. The van der Waals surface area contributed by atoms with E-state index in [2.05, 4.69) is 5.32 Å². The number of fused-ring (bicyclic) bond motifs is 1. The number of anilines is 1. The van der Waals surface area contributed by atoms with Crippen molar-refractivity contribution in [2.45, 2.75) is 31.4 Å². The van der Waals surface area contributed by atoms with Crippen molar-refractivity contribution < 1.29 is 23.5 Å². The van der Waals surface area contributed by atoms with Crippen LogP contribution in [-0.2, 0) is 20.7 Å². The molecule has 0 radical (unpaired) electrons. The lowest BCUT2D eigenvalue weighted by atomic mass is 9.99. The first-order chi connectivity index (χ1) is 11.5. The van der Waals surface area contributed by atoms with Gasteiger partial charge in [-0.05, 0) is 30.5 Å². The van der Waals surface area contributed by atoms with Gasteiger partial charge in [0, 0.05) is 32.9 Å². The Balaban J connectivity index is 1.88. The standard InChI is InChI=1S/C17H21FN2O4/c1-23-9-11-6-12(24-2)8-20(11)17(22)13-5-10-3-4-16(21)19-15(10)7-14(13)18/h5,7,11-12H,3-4,6,8-9H2,1-2H3,(H,19,21)/t11-,12-/m0/s1. The molecule has 1 saturated heterocycles. The molecule has 3 rings (SSSR count). The molecule has 7 heteroatoms. The van der Waals surface area contributed by atoms with E-state index in [-0.39, 0.29) is 29.5 Å². The molecule has 0 bridgehead atoms. The maximum Gasteiger partial charge on any atom is 0.257 e. The Morgan fingerprint density at radius 1 is 1.38 bits per heavy atom. The number of halogens is 1. The summed E-state index contributed by atoms with van der Waals surface area (Å²) in [4.78, 5) is 25.9. The van der Waals surface area contributed by atoms with E-state index in [1.807, 2.05) is 0 Å². The van der Waals surface area contributed by atoms with Gasteiger partial charge in [-0.25, -0.2) is 4.39 Å². The van der Waals surface area contributed by atoms with E-state index < -0.39 is 5.82 Å². The number of likely N-dealkylation sites (tertiary alicyclic amines) is 1. The summed E-state index contributed by atoms with van der Waals surface area (Å²) in [7, 11) is 3.18. The van der Waals surface area contributed by atoms with E-state index in [0.717, 1.165) is 5.56 Å². The van der Waals surface area contributed by atoms with Gasteiger partial charge in [0.2, 0.25) is 5.91 Å². The molecule has 24 heavy (non-hydrogen) atoms. The third kappa shape index (κ3) is 3.14. The van der Waals surface area contributed by atoms with Crippen LogP contribution in [0.15, 0.2) is 12.1 Å². The number of aryl methyl sites for hydroxylation is 1. The summed E-state index contributed by atoms with van der Waals surface area (Å²) >= 11 is 0. The number of carbonyl (C=O) groups excluding carboxylic acids is 2. The molecule has 130 valence electrons. The molecule has 0 spiro atoms. The Hall–Kier alpha value is -1.99. The number of rotatable bonds is 4. The molecule has 0 saturated carbocycles. The summed E-state index contributed by atoms with van der Waals surface area (Å²) in [6.45, 7) is 0.796. The highest BCUT2D eigenvalue weighted by molar-refractivity contribution is 5.98. The second kappa shape index (κ2) is 6.86. The third-order valence-corrected chi connectivity index (χ3v) is 4.65. The van der Waals surface area contributed by atoms with Crippen molar-refractivity contribution in [3.8, 4) is 0 Å². The molecule has 6 nitrogen and oxygen atoms in total. The Bertz CT molecular complexity index is 664. The highest BCUT2D eigenvalue weighted by Crippen LogP contribution is 2.29. The molecular formula is C17H21FN2O4. The van der Waals surface area contributed by atoms with Gasteiger partial charge in [-0.1, -0.05) is 0 Å². The lowest BCUT2D eigenvalue weighted by Gasteiger charge is -2.25. The van der Waals surface area contributed by atoms with Crippen LogP contribution in [0, 0.1) is 5.82 Å². The third-order valence-electron chi connectivity index (χ3n) is 4.65. The van der Waals surface area contributed by atoms with Crippen LogP contribution in [0.1, 0.15) is 28.8 Å². The second-order valence-corrected chi connectivity index (χ2v) is 6.20. The van der Waals surface area contributed by atoms with Crippen molar-refractivity contribution in [1.29, 1.82) is 0 Å². The van der Waals surface area contributed by atoms with Crippen LogP contribution in [0.5, 0.6) is 0 Å². The minimum absolute atomic E-state index is 0.0303. The summed E-state index contributed by atoms with van der Waals surface area (Å²) in [5, 5.41) is 2.64. The zero-order valence-corrected chi connectivity index (χ0v) is 13.8. The lowest BCUT2D eigenvalue weighted by molar-refractivity contribution is -0.116. The molecule has 0 unspecified atom stereocenters. The predicted molar refractivity (Wildman–Crippen MR) is 85.5 cm³/mol. The first-order valence-corrected chi connectivity index (χ1v) is 7.98. The smallest absolute Gasteiger partial charge is 0.257 e. The van der Waals surface area contributed by atoms with E-state index in [1.54, 1.807) is 25.2 Å². The quantitative estimate of drug-likeness (QED) is 0.907. The van der Waals surface area contributed by atoms with Crippen LogP contribution in [0.2, 0.25) is 0 Å². The van der Waals surface area contributed by atoms with Gasteiger partial charge in [-0.2, -0.15) is 0 Å². The zero-order chi connectivity index (χ0) is 17.3. The fraction of sp³-hybridized carbons (Fsp3) is 0.529. The molecule has 1 aromatic rings. The summed E-state index contributed by atoms with van der Waals surface area (Å²) in [6, 6.07) is 2.65. The van der Waals surface area contributed by atoms with Crippen LogP contribution >= 0.6 is 0 Å². The van der Waals surface area contributed by atoms with Gasteiger partial charge in [-0.3, -0.25) is 9.59 Å². The van der Waals surface area contributed by atoms with Gasteiger partial charge in [0.1, 0.15) is 5.82 Å². The Kier molecular flexibility index (Phi) is 4.82. The number of nitrogens with zero attached hydrogens (tertiary/aromatic N) is 1. The van der Waals surface area contributed by atoms with Gasteiger partial charge in [0.05, 0.1) is 24.3 Å². The Morgan fingerprint density at radius 2 is 2.17 bits per heavy atom. The first kappa shape index (κ1) is 16.9. The van der Waals surface area contributed by atoms with Crippen molar-refractivity contribution >= 4 is 17.5 Å². The Morgan fingerprint density at radius 3 is 2.88 bits per heavy atom. The molecule has 1 N–H and O–H groups in total. The normalized spacial score (nSPS) is 23.1. The molecule has 2 atom stereocenters. The van der Waals surface area contributed by atoms with Crippen LogP contribution in [0.4, 0.5) is 10.1 Å². The van der Waals surface area contributed by atoms with Gasteiger partial charge in [0.15, 0.2) is 0 Å². The number of carbonyl (C=O) groups is 2. The number of amides is 2. The van der Waals surface area contributed by atoms with Crippen molar-refractivity contribution in [3.63, 3.8) is 0 Å². The minimum Gasteiger partial charge on any atom is -0.383 e. The molecule has 2 amide bonds. The van der Waals surface area contributed by atoms with Crippen LogP contribution in [-0.4, -0.2) is 56.2 Å². The summed E-state index contributed by atoms with van der Waals surface area (Å²) in [5.41, 5.74) is 1.26. The molecule has 1 fully saturated rings. The molecular weight excluding hydrogens is 315 g/mol. The molecule has 2 heterocycles. The maximum absolute atomic E-state index is 14.4. The van der Waals surface area contributed by atoms with Gasteiger partial charge in [-0.15, -0.1) is 0 Å². The van der Waals surface area contributed by atoms with Crippen molar-refractivity contribution in [3.05, 3.63) is 29.1 Å². The predicted octanol–water partition coefficient (Wildman–Crippen LogP) is 1.59. The average Bonchev–Trinajstić information content (AvgIpc) is 2.97. The van der Waals surface area contributed by atoms with E-state index in [0.29, 0.717) is 38.1 Å². The van der Waals surface area contributed by atoms with E-state index in [9.17, 15) is 14.0 Å². The van der Waals surface area contributed by atoms with E-state index in [1.165, 1.54) is 6.07 Å². The van der Waals surface area contributed by atoms with Crippen molar-refractivity contribution in [1.82, 2.24) is 4.90 Å². The van der Waals surface area contributed by atoms with Gasteiger partial charge in [0.25, 0.3) is 5.91 Å². The Labute approximate surface area is 139 Å². The van der Waals surface area contributed by atoms with E-state index >= 15 is 0 Å². The number of benzene rings is 1. The highest BCUT2D eigenvalue weighted by atomic mass is 19.1. The summed E-state index contributed by atoms with van der Waals surface area (Å²) < 4.78 is 25.0. The van der Waals surface area contributed by atoms with Gasteiger partial charge >= 0.3 is 0 Å². The fourth-order valence-corrected chi connectivity index (χ4v) is 3.36. The first-order valence-electron chi connectivity index (χ1n) is 7.98. The molecule has 0 aromatic heterocycles. The molecule has 2 aliphatic heterocycles. The highest BCUT2D eigenvalue weighted by Gasteiger charge is 2.37. The number of hydrogen-bond acceptors (Lipinski definition) is 4. The number of ether oxygens (including phenoxy) is 2. The number of methoxy groups -OCH3 is 2. The topological polar surface area (TPSA) is 67.9 Å². The fourth-order valence-electron chi connectivity index (χ4n) is 3.36. The van der Waals surface area contributed by atoms with Crippen LogP contribution in [0.25, 0.3) is 0 Å². The number of hydrogen-bond donors (Lipinski definition) is 1.